The van der Waals surface area contributed by atoms with Gasteiger partial charge in [0.2, 0.25) is 0 Å². The fraction of sp³-hybridized carbons (Fsp3) is 0.938. The van der Waals surface area contributed by atoms with Crippen LogP contribution in [0.2, 0.25) is 0 Å². The van der Waals surface area contributed by atoms with E-state index >= 15 is 0 Å². The maximum atomic E-state index is 8.71. The van der Waals surface area contributed by atoms with Crippen molar-refractivity contribution in [1.82, 2.24) is 5.32 Å². The largest absolute Gasteiger partial charge is 0.396 e. The van der Waals surface area contributed by atoms with Crippen LogP contribution in [0.5, 0.6) is 0 Å². The second-order valence-electron chi connectivity index (χ2n) is 10.7. The van der Waals surface area contributed by atoms with E-state index in [2.05, 4.69) is 24.5 Å². The van der Waals surface area contributed by atoms with Crippen molar-refractivity contribution in [3.05, 3.63) is 12.3 Å². The molecular formula is C32H65NO. The Kier molecular flexibility index (Phi) is 32.0. The minimum atomic E-state index is 0.278. The van der Waals surface area contributed by atoms with Gasteiger partial charge in [-0.2, -0.15) is 0 Å². The summed E-state index contributed by atoms with van der Waals surface area (Å²) in [5, 5.41) is 11.9. The van der Waals surface area contributed by atoms with E-state index in [0.29, 0.717) is 0 Å². The minimum absolute atomic E-state index is 0.278. The second kappa shape index (κ2) is 32.5. The number of hydrogen-bond acceptors (Lipinski definition) is 2. The summed E-state index contributed by atoms with van der Waals surface area (Å²) in [4.78, 5) is 0. The summed E-state index contributed by atoms with van der Waals surface area (Å²) in [6.07, 6.45) is 42.6. The molecule has 0 aliphatic carbocycles. The monoisotopic (exact) mass is 480 g/mol. The van der Waals surface area contributed by atoms with Gasteiger partial charge in [0.1, 0.15) is 0 Å². The van der Waals surface area contributed by atoms with E-state index in [1.165, 1.54) is 167 Å². The number of allylic oxidation sites excluding steroid dienone is 1. The molecule has 204 valence electrons. The Morgan fingerprint density at radius 1 is 0.441 bits per heavy atom. The highest BCUT2D eigenvalue weighted by molar-refractivity contribution is 4.78. The van der Waals surface area contributed by atoms with Crippen molar-refractivity contribution in [2.75, 3.05) is 13.2 Å². The fourth-order valence-corrected chi connectivity index (χ4v) is 4.83. The molecule has 0 heterocycles. The van der Waals surface area contributed by atoms with Gasteiger partial charge in [-0.1, -0.05) is 167 Å². The van der Waals surface area contributed by atoms with Crippen LogP contribution in [0.15, 0.2) is 12.3 Å². The predicted molar refractivity (Wildman–Crippen MR) is 155 cm³/mol. The van der Waals surface area contributed by atoms with Crippen molar-refractivity contribution >= 4 is 0 Å². The molecule has 0 unspecified atom stereocenters. The van der Waals surface area contributed by atoms with Gasteiger partial charge in [-0.05, 0) is 25.5 Å². The highest BCUT2D eigenvalue weighted by Gasteiger charge is 1.96. The van der Waals surface area contributed by atoms with E-state index in [4.69, 9.17) is 5.11 Å². The van der Waals surface area contributed by atoms with Crippen LogP contribution >= 0.6 is 0 Å². The van der Waals surface area contributed by atoms with Crippen molar-refractivity contribution in [3.63, 3.8) is 0 Å². The van der Waals surface area contributed by atoms with Crippen LogP contribution < -0.4 is 5.32 Å². The van der Waals surface area contributed by atoms with Crippen LogP contribution in [-0.2, 0) is 0 Å². The van der Waals surface area contributed by atoms with Gasteiger partial charge in [-0.25, -0.2) is 0 Å². The first-order chi connectivity index (χ1) is 16.9. The molecule has 0 fully saturated rings. The molecule has 0 aromatic heterocycles. The van der Waals surface area contributed by atoms with E-state index in [1.807, 2.05) is 0 Å². The Morgan fingerprint density at radius 2 is 0.765 bits per heavy atom. The molecule has 0 amide bonds. The lowest BCUT2D eigenvalue weighted by atomic mass is 10.0. The smallest absolute Gasteiger partial charge is 0.0447 e. The lowest BCUT2D eigenvalue weighted by Crippen LogP contribution is -2.07. The highest BCUT2D eigenvalue weighted by Crippen LogP contribution is 2.15. The first-order valence-corrected chi connectivity index (χ1v) is 15.9. The Balaban J connectivity index is 3.03. The van der Waals surface area contributed by atoms with Crippen molar-refractivity contribution in [1.29, 1.82) is 0 Å². The molecular weight excluding hydrogens is 414 g/mol. The molecule has 2 N–H and O–H groups in total. The first kappa shape index (κ1) is 33.5. The zero-order valence-electron chi connectivity index (χ0n) is 23.6. The Bertz CT molecular complexity index is 368. The molecule has 0 atom stereocenters. The van der Waals surface area contributed by atoms with E-state index in [9.17, 15) is 0 Å². The SMILES string of the molecule is CCCCCCCCCCCCCCCCCCCCCCCCCCCC=CNCCCO. The van der Waals surface area contributed by atoms with E-state index in [1.54, 1.807) is 0 Å². The third kappa shape index (κ3) is 31.5. The molecule has 0 bridgehead atoms. The molecule has 0 spiro atoms. The quantitative estimate of drug-likeness (QED) is 0.100. The third-order valence-electron chi connectivity index (χ3n) is 7.19. The fourth-order valence-electron chi connectivity index (χ4n) is 4.83. The number of nitrogens with one attached hydrogen (secondary N) is 1. The zero-order chi connectivity index (χ0) is 24.6. The topological polar surface area (TPSA) is 32.3 Å². The number of hydrogen-bond donors (Lipinski definition) is 2. The Morgan fingerprint density at radius 3 is 1.09 bits per heavy atom. The second-order valence-corrected chi connectivity index (χ2v) is 10.7. The van der Waals surface area contributed by atoms with Crippen molar-refractivity contribution in [2.24, 2.45) is 0 Å². The predicted octanol–water partition coefficient (Wildman–Crippen LogP) is 10.6. The van der Waals surface area contributed by atoms with Crippen LogP contribution in [0.25, 0.3) is 0 Å². The molecule has 34 heavy (non-hydrogen) atoms. The van der Waals surface area contributed by atoms with Gasteiger partial charge in [-0.15, -0.1) is 0 Å². The molecule has 0 saturated carbocycles. The molecule has 2 nitrogen and oxygen atoms in total. The molecule has 0 aromatic carbocycles. The van der Waals surface area contributed by atoms with Crippen LogP contribution in [0.4, 0.5) is 0 Å². The van der Waals surface area contributed by atoms with Gasteiger partial charge < -0.3 is 10.4 Å². The van der Waals surface area contributed by atoms with Gasteiger partial charge >= 0.3 is 0 Å². The van der Waals surface area contributed by atoms with Gasteiger partial charge in [0.05, 0.1) is 0 Å². The lowest BCUT2D eigenvalue weighted by molar-refractivity contribution is 0.288. The van der Waals surface area contributed by atoms with Crippen molar-refractivity contribution in [2.45, 2.75) is 180 Å². The van der Waals surface area contributed by atoms with Crippen LogP contribution in [0.1, 0.15) is 180 Å². The standard InChI is InChI=1S/C32H65NO/c1-2-3-4-5-6-7-8-9-10-11-12-13-14-15-16-17-18-19-20-21-22-23-24-25-26-27-28-30-33-31-29-32-34/h28,30,33-34H,2-27,29,31-32H2,1H3. The summed E-state index contributed by atoms with van der Waals surface area (Å²) in [6, 6.07) is 0. The summed E-state index contributed by atoms with van der Waals surface area (Å²) in [7, 11) is 0. The van der Waals surface area contributed by atoms with Crippen LogP contribution in [-0.4, -0.2) is 18.3 Å². The van der Waals surface area contributed by atoms with Crippen LogP contribution in [0.3, 0.4) is 0 Å². The Labute approximate surface area is 216 Å². The zero-order valence-corrected chi connectivity index (χ0v) is 23.6. The van der Waals surface area contributed by atoms with Crippen molar-refractivity contribution in [3.8, 4) is 0 Å². The first-order valence-electron chi connectivity index (χ1n) is 15.9. The number of aliphatic hydroxyl groups is 1. The Hall–Kier alpha value is -0.500. The third-order valence-corrected chi connectivity index (χ3v) is 7.19. The highest BCUT2D eigenvalue weighted by atomic mass is 16.3. The summed E-state index contributed by atoms with van der Waals surface area (Å²) in [5.74, 6) is 0. The van der Waals surface area contributed by atoms with Crippen LogP contribution in [0, 0.1) is 0 Å². The average Bonchev–Trinajstić information content (AvgIpc) is 2.85. The van der Waals surface area contributed by atoms with E-state index in [-0.39, 0.29) is 6.61 Å². The summed E-state index contributed by atoms with van der Waals surface area (Å²) in [5.41, 5.74) is 0. The van der Waals surface area contributed by atoms with Gasteiger partial charge in [0, 0.05) is 13.2 Å². The van der Waals surface area contributed by atoms with Gasteiger partial charge in [0.25, 0.3) is 0 Å². The molecule has 0 radical (unpaired) electrons. The summed E-state index contributed by atoms with van der Waals surface area (Å²) in [6.45, 7) is 3.46. The summed E-state index contributed by atoms with van der Waals surface area (Å²) >= 11 is 0. The maximum absolute atomic E-state index is 8.71. The number of unbranched alkanes of at least 4 members (excludes halogenated alkanes) is 25. The molecule has 0 aliphatic rings. The lowest BCUT2D eigenvalue weighted by Gasteiger charge is -2.04. The molecule has 0 aliphatic heterocycles. The van der Waals surface area contributed by atoms with Gasteiger partial charge in [0.15, 0.2) is 0 Å². The number of aliphatic hydroxyl groups excluding tert-OH is 1. The molecule has 0 aromatic rings. The molecule has 0 saturated heterocycles. The van der Waals surface area contributed by atoms with Gasteiger partial charge in [-0.3, -0.25) is 0 Å². The van der Waals surface area contributed by atoms with E-state index in [0.717, 1.165) is 13.0 Å². The van der Waals surface area contributed by atoms with E-state index < -0.39 is 0 Å². The number of rotatable bonds is 30. The summed E-state index contributed by atoms with van der Waals surface area (Å²) < 4.78 is 0. The minimum Gasteiger partial charge on any atom is -0.396 e. The molecule has 2 heteroatoms. The maximum Gasteiger partial charge on any atom is 0.0447 e. The average molecular weight is 480 g/mol. The normalized spacial score (nSPS) is 11.6. The molecule has 0 rings (SSSR count). The van der Waals surface area contributed by atoms with Crippen molar-refractivity contribution < 1.29 is 5.11 Å².